The van der Waals surface area contributed by atoms with E-state index >= 15 is 0 Å². The van der Waals surface area contributed by atoms with Crippen LogP contribution in [0.2, 0.25) is 0 Å². The largest absolute Gasteiger partial charge is 0.482 e. The van der Waals surface area contributed by atoms with Gasteiger partial charge in [-0.05, 0) is 64.5 Å². The number of hydrogen-bond acceptors (Lipinski definition) is 4. The van der Waals surface area contributed by atoms with E-state index in [9.17, 15) is 0 Å². The van der Waals surface area contributed by atoms with Gasteiger partial charge in [-0.25, -0.2) is 4.98 Å². The summed E-state index contributed by atoms with van der Waals surface area (Å²) in [6.07, 6.45) is 6.53. The van der Waals surface area contributed by atoms with Crippen molar-refractivity contribution in [3.63, 3.8) is 0 Å². The molecule has 2 aromatic rings. The Kier molecular flexibility index (Phi) is 4.52. The van der Waals surface area contributed by atoms with Crippen molar-refractivity contribution in [3.8, 4) is 0 Å². The van der Waals surface area contributed by atoms with Gasteiger partial charge < -0.3 is 18.8 Å². The van der Waals surface area contributed by atoms with Gasteiger partial charge in [0.2, 0.25) is 5.95 Å². The van der Waals surface area contributed by atoms with Gasteiger partial charge in [-0.15, -0.1) is 0 Å². The maximum atomic E-state index is 6.55. The number of benzene rings is 1. The summed E-state index contributed by atoms with van der Waals surface area (Å²) in [5, 5.41) is 0. The van der Waals surface area contributed by atoms with Crippen molar-refractivity contribution in [2.45, 2.75) is 76.9 Å². The molecule has 1 aromatic carbocycles. The lowest BCUT2D eigenvalue weighted by Crippen LogP contribution is -2.57. The van der Waals surface area contributed by atoms with E-state index in [0.717, 1.165) is 36.3 Å². The molecule has 1 aliphatic carbocycles. The van der Waals surface area contributed by atoms with Gasteiger partial charge in [0.15, 0.2) is 0 Å². The fourth-order valence-electron chi connectivity index (χ4n) is 5.58. The molecule has 1 saturated carbocycles. The fourth-order valence-corrected chi connectivity index (χ4v) is 5.58. The van der Waals surface area contributed by atoms with Gasteiger partial charge in [0.05, 0.1) is 28.2 Å². The Hall–Kier alpha value is -1.53. The molecule has 1 aromatic heterocycles. The van der Waals surface area contributed by atoms with Crippen LogP contribution >= 0.6 is 0 Å². The Morgan fingerprint density at radius 1 is 1.00 bits per heavy atom. The molecule has 0 bridgehead atoms. The molecule has 0 spiro atoms. The molecule has 0 amide bonds. The molecule has 0 N–H and O–H groups in total. The average Bonchev–Trinajstić information content (AvgIpc) is 3.13. The first-order valence-corrected chi connectivity index (χ1v) is 11.3. The molecule has 156 valence electrons. The monoisotopic (exact) mass is 395 g/mol. The van der Waals surface area contributed by atoms with E-state index in [1.54, 1.807) is 0 Å². The zero-order valence-corrected chi connectivity index (χ0v) is 18.5. The third kappa shape index (κ3) is 3.10. The number of anilines is 1. The molecule has 5 nitrogen and oxygen atoms in total. The average molecular weight is 395 g/mol. The standard InChI is InChI=1S/C23H34BN3O2/c1-22(2)23(3,4)29-24(28-22)20-14-16-10-6-7-11-17(16)15-27(20)21-25-18-12-8-9-13-19(18)26(21)5/h8-9,12-13,16-17,20H,6-7,10-11,14-15H2,1-5H3/t16-,17-,20-/m1/s1. The summed E-state index contributed by atoms with van der Waals surface area (Å²) in [5.41, 5.74) is 1.63. The Labute approximate surface area is 174 Å². The van der Waals surface area contributed by atoms with Gasteiger partial charge in [-0.2, -0.15) is 0 Å². The second-order valence-electron chi connectivity index (χ2n) is 10.3. The highest BCUT2D eigenvalue weighted by Gasteiger charge is 2.57. The first kappa shape index (κ1) is 19.4. The first-order valence-electron chi connectivity index (χ1n) is 11.3. The summed E-state index contributed by atoms with van der Waals surface area (Å²) in [6, 6.07) is 8.42. The van der Waals surface area contributed by atoms with E-state index in [0.29, 0.717) is 0 Å². The third-order valence-corrected chi connectivity index (χ3v) is 8.05. The molecular formula is C23H34BN3O2. The normalized spacial score (nSPS) is 31.3. The van der Waals surface area contributed by atoms with Gasteiger partial charge in [0, 0.05) is 13.6 Å². The molecule has 5 rings (SSSR count). The number of nitrogens with zero attached hydrogens (tertiary/aromatic N) is 3. The minimum absolute atomic E-state index is 0.200. The van der Waals surface area contributed by atoms with Crippen molar-refractivity contribution in [1.82, 2.24) is 9.55 Å². The minimum atomic E-state index is -0.306. The molecule has 6 heteroatoms. The number of imidazole rings is 1. The summed E-state index contributed by atoms with van der Waals surface area (Å²) in [7, 11) is 1.92. The molecule has 0 unspecified atom stereocenters. The van der Waals surface area contributed by atoms with Crippen LogP contribution in [0.3, 0.4) is 0 Å². The molecule has 3 aliphatic rings. The van der Waals surface area contributed by atoms with Gasteiger partial charge >= 0.3 is 7.12 Å². The van der Waals surface area contributed by atoms with Crippen molar-refractivity contribution >= 4 is 24.1 Å². The van der Waals surface area contributed by atoms with Crippen LogP contribution in [0.15, 0.2) is 24.3 Å². The van der Waals surface area contributed by atoms with Gasteiger partial charge in [0.25, 0.3) is 0 Å². The summed E-state index contributed by atoms with van der Waals surface area (Å²) >= 11 is 0. The highest BCUT2D eigenvalue weighted by atomic mass is 16.7. The maximum Gasteiger partial charge on any atom is 0.482 e. The van der Waals surface area contributed by atoms with Crippen LogP contribution in [0.1, 0.15) is 59.8 Å². The van der Waals surface area contributed by atoms with Crippen LogP contribution in [-0.4, -0.2) is 40.4 Å². The zero-order valence-electron chi connectivity index (χ0n) is 18.5. The Bertz CT molecular complexity index is 893. The number of piperidine rings is 1. The predicted octanol–water partition coefficient (Wildman–Crippen LogP) is 4.59. The second-order valence-corrected chi connectivity index (χ2v) is 10.3. The number of hydrogen-bond donors (Lipinski definition) is 0. The zero-order chi connectivity index (χ0) is 20.4. The lowest BCUT2D eigenvalue weighted by atomic mass is 9.64. The minimum Gasteiger partial charge on any atom is -0.402 e. The molecule has 3 heterocycles. The first-order chi connectivity index (χ1) is 13.8. The van der Waals surface area contributed by atoms with Crippen LogP contribution < -0.4 is 4.90 Å². The summed E-state index contributed by atoms with van der Waals surface area (Å²) in [5.74, 6) is 2.78. The third-order valence-electron chi connectivity index (χ3n) is 8.05. The molecule has 29 heavy (non-hydrogen) atoms. The van der Waals surface area contributed by atoms with Gasteiger partial charge in [-0.1, -0.05) is 31.4 Å². The molecule has 2 saturated heterocycles. The molecule has 2 aliphatic heterocycles. The number of aryl methyl sites for hydroxylation is 1. The summed E-state index contributed by atoms with van der Waals surface area (Å²) in [6.45, 7) is 9.66. The van der Waals surface area contributed by atoms with E-state index in [-0.39, 0.29) is 24.3 Å². The van der Waals surface area contributed by atoms with E-state index in [2.05, 4.69) is 68.5 Å². The fraction of sp³-hybridized carbons (Fsp3) is 0.696. The molecular weight excluding hydrogens is 361 g/mol. The number of aromatic nitrogens is 2. The van der Waals surface area contributed by atoms with E-state index in [1.807, 2.05) is 0 Å². The summed E-state index contributed by atoms with van der Waals surface area (Å²) in [4.78, 5) is 7.55. The van der Waals surface area contributed by atoms with Crippen LogP contribution in [0.25, 0.3) is 11.0 Å². The van der Waals surface area contributed by atoms with Crippen LogP contribution in [0, 0.1) is 11.8 Å². The maximum absolute atomic E-state index is 6.55. The lowest BCUT2D eigenvalue weighted by Gasteiger charge is -2.47. The van der Waals surface area contributed by atoms with Crippen LogP contribution in [-0.2, 0) is 16.4 Å². The van der Waals surface area contributed by atoms with Crippen molar-refractivity contribution < 1.29 is 9.31 Å². The highest BCUT2D eigenvalue weighted by molar-refractivity contribution is 6.48. The smallest absolute Gasteiger partial charge is 0.402 e. The summed E-state index contributed by atoms with van der Waals surface area (Å²) < 4.78 is 15.3. The predicted molar refractivity (Wildman–Crippen MR) is 118 cm³/mol. The van der Waals surface area contributed by atoms with Gasteiger partial charge in [0.1, 0.15) is 0 Å². The number of fused-ring (bicyclic) bond motifs is 2. The molecule has 3 fully saturated rings. The van der Waals surface area contributed by atoms with Crippen molar-refractivity contribution in [3.05, 3.63) is 24.3 Å². The van der Waals surface area contributed by atoms with Gasteiger partial charge in [-0.3, -0.25) is 0 Å². The lowest BCUT2D eigenvalue weighted by molar-refractivity contribution is 0.00578. The van der Waals surface area contributed by atoms with Crippen molar-refractivity contribution in [1.29, 1.82) is 0 Å². The Morgan fingerprint density at radius 2 is 1.66 bits per heavy atom. The quantitative estimate of drug-likeness (QED) is 0.698. The SMILES string of the molecule is Cn1c(N2C[C@H]3CCCC[C@@H]3C[C@@H]2B2OC(C)(C)C(C)(C)O2)nc2ccccc21. The topological polar surface area (TPSA) is 39.5 Å². The highest BCUT2D eigenvalue weighted by Crippen LogP contribution is 2.45. The Morgan fingerprint density at radius 3 is 2.34 bits per heavy atom. The van der Waals surface area contributed by atoms with E-state index in [4.69, 9.17) is 14.3 Å². The van der Waals surface area contributed by atoms with Crippen LogP contribution in [0.5, 0.6) is 0 Å². The molecule has 0 radical (unpaired) electrons. The van der Waals surface area contributed by atoms with E-state index < -0.39 is 0 Å². The second kappa shape index (κ2) is 6.74. The van der Waals surface area contributed by atoms with Crippen LogP contribution in [0.4, 0.5) is 5.95 Å². The van der Waals surface area contributed by atoms with Crippen molar-refractivity contribution in [2.75, 3.05) is 11.4 Å². The van der Waals surface area contributed by atoms with Crippen molar-refractivity contribution in [2.24, 2.45) is 18.9 Å². The number of para-hydroxylation sites is 2. The van der Waals surface area contributed by atoms with E-state index in [1.165, 1.54) is 31.2 Å². The molecule has 3 atom stereocenters. The number of rotatable bonds is 2. The Balaban J connectivity index is 1.54.